The molecule has 2 atom stereocenters. The second-order valence-corrected chi connectivity index (χ2v) is 8.81. The Morgan fingerprint density at radius 3 is 2.03 bits per heavy atom. The average molecular weight is 419 g/mol. The molecule has 5 heteroatoms. The van der Waals surface area contributed by atoms with E-state index in [9.17, 15) is 14.4 Å². The monoisotopic (exact) mass is 418 g/mol. The summed E-state index contributed by atoms with van der Waals surface area (Å²) in [5, 5.41) is 0. The molecular weight excluding hydrogens is 388 g/mol. The van der Waals surface area contributed by atoms with Crippen LogP contribution >= 0.6 is 0 Å². The Labute approximate surface area is 184 Å². The van der Waals surface area contributed by atoms with Crippen molar-refractivity contribution in [2.24, 2.45) is 11.8 Å². The van der Waals surface area contributed by atoms with Crippen LogP contribution < -0.4 is 0 Å². The molecule has 0 bridgehead atoms. The third kappa shape index (κ3) is 4.14. The minimum absolute atomic E-state index is 0.0954. The predicted octanol–water partition coefficient (Wildman–Crippen LogP) is 4.18. The first-order valence-electron chi connectivity index (χ1n) is 11.3. The summed E-state index contributed by atoms with van der Waals surface area (Å²) >= 11 is 0. The summed E-state index contributed by atoms with van der Waals surface area (Å²) in [5.41, 5.74) is 2.13. The molecule has 3 amide bonds. The second-order valence-electron chi connectivity index (χ2n) is 8.81. The summed E-state index contributed by atoms with van der Waals surface area (Å²) < 4.78 is 0. The topological polar surface area (TPSA) is 57.7 Å². The van der Waals surface area contributed by atoms with Crippen molar-refractivity contribution in [2.75, 3.05) is 13.1 Å². The van der Waals surface area contributed by atoms with Gasteiger partial charge in [0.25, 0.3) is 11.8 Å². The summed E-state index contributed by atoms with van der Waals surface area (Å²) in [6.07, 6.45) is 3.62. The molecule has 2 aliphatic rings. The highest BCUT2D eigenvalue weighted by Crippen LogP contribution is 2.30. The van der Waals surface area contributed by atoms with Crippen molar-refractivity contribution in [2.45, 2.75) is 45.6 Å². The molecule has 0 unspecified atom stereocenters. The van der Waals surface area contributed by atoms with Crippen LogP contribution in [0, 0.1) is 11.8 Å². The van der Waals surface area contributed by atoms with Gasteiger partial charge in [0, 0.05) is 13.1 Å². The Kier molecular flexibility index (Phi) is 6.21. The van der Waals surface area contributed by atoms with E-state index >= 15 is 0 Å². The van der Waals surface area contributed by atoms with E-state index in [1.54, 1.807) is 24.3 Å². The van der Waals surface area contributed by atoms with Gasteiger partial charge in [0.05, 0.1) is 11.1 Å². The number of carbonyl (C=O) groups excluding carboxylic acids is 3. The van der Waals surface area contributed by atoms with Crippen LogP contribution in [0.5, 0.6) is 0 Å². The van der Waals surface area contributed by atoms with Crippen LogP contribution in [0.25, 0.3) is 0 Å². The maximum atomic E-state index is 13.6. The number of piperidine rings is 1. The summed E-state index contributed by atoms with van der Waals surface area (Å²) in [6, 6.07) is 16.6. The molecule has 2 aromatic carbocycles. The van der Waals surface area contributed by atoms with Gasteiger partial charge in [0.1, 0.15) is 6.04 Å². The maximum absolute atomic E-state index is 13.6. The second kappa shape index (κ2) is 9.04. The number of amides is 3. The number of likely N-dealkylation sites (tertiary alicyclic amines) is 1. The fraction of sp³-hybridized carbons (Fsp3) is 0.423. The predicted molar refractivity (Wildman–Crippen MR) is 120 cm³/mol. The molecule has 5 nitrogen and oxygen atoms in total. The maximum Gasteiger partial charge on any atom is 0.262 e. The number of rotatable bonds is 6. The van der Waals surface area contributed by atoms with E-state index in [1.165, 1.54) is 10.5 Å². The van der Waals surface area contributed by atoms with Crippen LogP contribution in [0.1, 0.15) is 59.4 Å². The average Bonchev–Trinajstić information content (AvgIpc) is 3.05. The quantitative estimate of drug-likeness (QED) is 0.662. The van der Waals surface area contributed by atoms with Crippen LogP contribution in [0.15, 0.2) is 54.6 Å². The summed E-state index contributed by atoms with van der Waals surface area (Å²) in [4.78, 5) is 42.7. The van der Waals surface area contributed by atoms with Gasteiger partial charge in [0.15, 0.2) is 0 Å². The van der Waals surface area contributed by atoms with Crippen molar-refractivity contribution in [1.29, 1.82) is 0 Å². The van der Waals surface area contributed by atoms with Crippen molar-refractivity contribution >= 4 is 17.7 Å². The summed E-state index contributed by atoms with van der Waals surface area (Å²) in [5.74, 6) is -0.344. The Morgan fingerprint density at radius 1 is 0.935 bits per heavy atom. The molecule has 0 spiro atoms. The standard InChI is InChI=1S/C26H30N2O3/c1-3-18(2)23(28-24(29)21-11-7-8-12-22(21)25(28)30)26(31)27-15-13-20(14-16-27)17-19-9-5-4-6-10-19/h4-12,18,20,23H,3,13-17H2,1-2H3/t18-,23-/m0/s1. The highest BCUT2D eigenvalue weighted by Gasteiger charge is 2.45. The third-order valence-electron chi connectivity index (χ3n) is 6.83. The van der Waals surface area contributed by atoms with Crippen molar-refractivity contribution in [1.82, 2.24) is 9.80 Å². The molecule has 0 aromatic heterocycles. The molecule has 31 heavy (non-hydrogen) atoms. The molecular formula is C26H30N2O3. The molecule has 162 valence electrons. The molecule has 2 aromatic rings. The fourth-order valence-corrected chi connectivity index (χ4v) is 4.78. The van der Waals surface area contributed by atoms with E-state index in [4.69, 9.17) is 0 Å². The minimum atomic E-state index is -0.747. The normalized spacial score (nSPS) is 18.8. The number of hydrogen-bond acceptors (Lipinski definition) is 3. The first-order valence-corrected chi connectivity index (χ1v) is 11.3. The van der Waals surface area contributed by atoms with Gasteiger partial charge in [0.2, 0.25) is 5.91 Å². The number of carbonyl (C=O) groups is 3. The molecule has 0 aliphatic carbocycles. The third-order valence-corrected chi connectivity index (χ3v) is 6.83. The first kappa shape index (κ1) is 21.3. The van der Waals surface area contributed by atoms with E-state index in [-0.39, 0.29) is 23.6 Å². The van der Waals surface area contributed by atoms with Gasteiger partial charge < -0.3 is 4.90 Å². The lowest BCUT2D eigenvalue weighted by atomic mass is 9.89. The van der Waals surface area contributed by atoms with Crippen LogP contribution in [-0.4, -0.2) is 46.7 Å². The zero-order chi connectivity index (χ0) is 22.0. The van der Waals surface area contributed by atoms with Crippen molar-refractivity contribution in [3.63, 3.8) is 0 Å². The Balaban J connectivity index is 1.48. The van der Waals surface area contributed by atoms with Crippen molar-refractivity contribution in [3.8, 4) is 0 Å². The van der Waals surface area contributed by atoms with Gasteiger partial charge in [-0.1, -0.05) is 62.7 Å². The Morgan fingerprint density at radius 2 is 1.48 bits per heavy atom. The smallest absolute Gasteiger partial charge is 0.262 e. The van der Waals surface area contributed by atoms with Gasteiger partial charge in [-0.25, -0.2) is 0 Å². The van der Waals surface area contributed by atoms with Crippen molar-refractivity contribution in [3.05, 3.63) is 71.3 Å². The molecule has 2 aliphatic heterocycles. The number of fused-ring (bicyclic) bond motifs is 1. The number of imide groups is 1. The SMILES string of the molecule is CC[C@H](C)[C@@H](C(=O)N1CCC(Cc2ccccc2)CC1)N1C(=O)c2ccccc2C1=O. The number of nitrogens with zero attached hydrogens (tertiary/aromatic N) is 2. The molecule has 0 saturated carbocycles. The van der Waals surface area contributed by atoms with E-state index in [1.807, 2.05) is 24.8 Å². The minimum Gasteiger partial charge on any atom is -0.341 e. The van der Waals surface area contributed by atoms with Crippen LogP contribution in [-0.2, 0) is 11.2 Å². The van der Waals surface area contributed by atoms with Gasteiger partial charge in [-0.15, -0.1) is 0 Å². The van der Waals surface area contributed by atoms with Gasteiger partial charge in [-0.3, -0.25) is 19.3 Å². The lowest BCUT2D eigenvalue weighted by Crippen LogP contribution is -2.55. The molecule has 2 heterocycles. The van der Waals surface area contributed by atoms with E-state index in [2.05, 4.69) is 24.3 Å². The number of benzene rings is 2. The Hall–Kier alpha value is -2.95. The van der Waals surface area contributed by atoms with E-state index in [0.717, 1.165) is 19.3 Å². The van der Waals surface area contributed by atoms with Gasteiger partial charge >= 0.3 is 0 Å². The molecule has 0 radical (unpaired) electrons. The van der Waals surface area contributed by atoms with Crippen molar-refractivity contribution < 1.29 is 14.4 Å². The lowest BCUT2D eigenvalue weighted by molar-refractivity contribution is -0.138. The molecule has 1 fully saturated rings. The summed E-state index contributed by atoms with van der Waals surface area (Å²) in [6.45, 7) is 5.29. The zero-order valence-corrected chi connectivity index (χ0v) is 18.3. The Bertz CT molecular complexity index is 929. The largest absolute Gasteiger partial charge is 0.341 e. The number of hydrogen-bond donors (Lipinski definition) is 0. The molecule has 0 N–H and O–H groups in total. The first-order chi connectivity index (χ1) is 15.0. The van der Waals surface area contributed by atoms with Crippen LogP contribution in [0.2, 0.25) is 0 Å². The lowest BCUT2D eigenvalue weighted by Gasteiger charge is -2.38. The highest BCUT2D eigenvalue weighted by molar-refractivity contribution is 6.22. The van der Waals surface area contributed by atoms with Gasteiger partial charge in [-0.2, -0.15) is 0 Å². The molecule has 4 rings (SSSR count). The van der Waals surface area contributed by atoms with E-state index in [0.29, 0.717) is 36.6 Å². The van der Waals surface area contributed by atoms with E-state index < -0.39 is 6.04 Å². The molecule has 1 saturated heterocycles. The zero-order valence-electron chi connectivity index (χ0n) is 18.3. The fourth-order valence-electron chi connectivity index (χ4n) is 4.78. The summed E-state index contributed by atoms with van der Waals surface area (Å²) in [7, 11) is 0. The van der Waals surface area contributed by atoms with Crippen LogP contribution in [0.3, 0.4) is 0 Å². The van der Waals surface area contributed by atoms with Crippen LogP contribution in [0.4, 0.5) is 0 Å². The highest BCUT2D eigenvalue weighted by atomic mass is 16.2. The van der Waals surface area contributed by atoms with Gasteiger partial charge in [-0.05, 0) is 48.8 Å².